The molecule has 1 saturated heterocycles. The number of hydrogen-bond acceptors (Lipinski definition) is 3. The maximum absolute atomic E-state index is 12.0. The van der Waals surface area contributed by atoms with Crippen LogP contribution < -0.4 is 10.6 Å². The summed E-state index contributed by atoms with van der Waals surface area (Å²) in [5, 5.41) is 14.2. The van der Waals surface area contributed by atoms with Crippen LogP contribution in [-0.2, 0) is 9.59 Å². The summed E-state index contributed by atoms with van der Waals surface area (Å²) in [4.78, 5) is 35.4. The quantitative estimate of drug-likeness (QED) is 0.663. The minimum Gasteiger partial charge on any atom is -0.481 e. The number of carbonyl (C=O) groups is 3. The van der Waals surface area contributed by atoms with E-state index >= 15 is 0 Å². The van der Waals surface area contributed by atoms with E-state index in [4.69, 9.17) is 5.11 Å². The van der Waals surface area contributed by atoms with Gasteiger partial charge in [-0.05, 0) is 6.42 Å². The molecule has 0 aromatic carbocycles. The Hall–Kier alpha value is -1.79. The van der Waals surface area contributed by atoms with Crippen molar-refractivity contribution in [2.24, 2.45) is 0 Å². The molecule has 0 radical (unpaired) electrons. The third-order valence-electron chi connectivity index (χ3n) is 2.99. The normalized spacial score (nSPS) is 17.3. The number of carboxylic acids is 1. The molecular formula is C12H21N3O4. The molecular weight excluding hydrogens is 250 g/mol. The van der Waals surface area contributed by atoms with Crippen molar-refractivity contribution >= 4 is 17.9 Å². The molecule has 0 aliphatic carbocycles. The Kier molecular flexibility index (Phi) is 6.11. The third-order valence-corrected chi connectivity index (χ3v) is 2.99. The van der Waals surface area contributed by atoms with Crippen LogP contribution in [0.2, 0.25) is 0 Å². The topological polar surface area (TPSA) is 98.7 Å². The first-order valence-corrected chi connectivity index (χ1v) is 6.56. The summed E-state index contributed by atoms with van der Waals surface area (Å²) in [6.45, 7) is 3.19. The summed E-state index contributed by atoms with van der Waals surface area (Å²) in [5.74, 6) is -0.989. The van der Waals surface area contributed by atoms with Crippen LogP contribution in [-0.4, -0.2) is 53.6 Å². The van der Waals surface area contributed by atoms with Crippen molar-refractivity contribution in [1.29, 1.82) is 0 Å². The number of amides is 3. The molecule has 3 N–H and O–H groups in total. The molecule has 1 unspecified atom stereocenters. The molecule has 1 heterocycles. The van der Waals surface area contributed by atoms with Crippen molar-refractivity contribution in [2.45, 2.75) is 38.6 Å². The molecule has 1 aliphatic heterocycles. The molecule has 1 aliphatic rings. The summed E-state index contributed by atoms with van der Waals surface area (Å²) in [5.41, 5.74) is 0. The van der Waals surface area contributed by atoms with Crippen LogP contribution in [0.1, 0.15) is 32.6 Å². The Bertz CT molecular complexity index is 346. The van der Waals surface area contributed by atoms with Gasteiger partial charge >= 0.3 is 12.0 Å². The van der Waals surface area contributed by atoms with Gasteiger partial charge in [-0.15, -0.1) is 0 Å². The van der Waals surface area contributed by atoms with Crippen LogP contribution in [0.25, 0.3) is 0 Å². The van der Waals surface area contributed by atoms with E-state index in [-0.39, 0.29) is 30.8 Å². The molecule has 1 fully saturated rings. The number of carboxylic acid groups (broad SMARTS) is 1. The minimum absolute atomic E-state index is 0.0639. The second kappa shape index (κ2) is 7.60. The number of rotatable bonds is 5. The van der Waals surface area contributed by atoms with E-state index in [1.54, 1.807) is 4.90 Å². The molecule has 0 bridgehead atoms. The first-order valence-electron chi connectivity index (χ1n) is 6.56. The highest BCUT2D eigenvalue weighted by molar-refractivity contribution is 5.79. The molecule has 0 saturated carbocycles. The predicted octanol–water partition coefficient (Wildman–Crippen LogP) is 0.161. The Labute approximate surface area is 112 Å². The lowest BCUT2D eigenvalue weighted by molar-refractivity contribution is -0.137. The number of aliphatic carboxylic acids is 1. The average Bonchev–Trinajstić information content (AvgIpc) is 2.53. The Morgan fingerprint density at radius 3 is 2.84 bits per heavy atom. The number of nitrogens with one attached hydrogen (secondary N) is 2. The van der Waals surface area contributed by atoms with E-state index in [0.717, 1.165) is 6.42 Å². The van der Waals surface area contributed by atoms with Gasteiger partial charge in [-0.1, -0.05) is 13.3 Å². The first-order chi connectivity index (χ1) is 9.02. The predicted molar refractivity (Wildman–Crippen MR) is 68.7 cm³/mol. The second-order valence-corrected chi connectivity index (χ2v) is 4.62. The molecule has 7 nitrogen and oxygen atoms in total. The molecule has 0 spiro atoms. The van der Waals surface area contributed by atoms with Crippen LogP contribution in [0, 0.1) is 0 Å². The lowest BCUT2D eigenvalue weighted by Gasteiger charge is -2.24. The highest BCUT2D eigenvalue weighted by Gasteiger charge is 2.21. The van der Waals surface area contributed by atoms with Gasteiger partial charge in [-0.2, -0.15) is 0 Å². The summed E-state index contributed by atoms with van der Waals surface area (Å²) in [6, 6.07) is -0.655. The van der Waals surface area contributed by atoms with Crippen molar-refractivity contribution in [2.75, 3.05) is 19.6 Å². The summed E-state index contributed by atoms with van der Waals surface area (Å²) >= 11 is 0. The van der Waals surface area contributed by atoms with E-state index < -0.39 is 5.97 Å². The molecule has 7 heteroatoms. The van der Waals surface area contributed by atoms with Crippen molar-refractivity contribution in [3.63, 3.8) is 0 Å². The van der Waals surface area contributed by atoms with Crippen LogP contribution >= 0.6 is 0 Å². The lowest BCUT2D eigenvalue weighted by atomic mass is 10.1. The van der Waals surface area contributed by atoms with Crippen LogP contribution in [0.3, 0.4) is 0 Å². The van der Waals surface area contributed by atoms with Gasteiger partial charge in [0.25, 0.3) is 0 Å². The highest BCUT2D eigenvalue weighted by atomic mass is 16.4. The summed E-state index contributed by atoms with van der Waals surface area (Å²) in [6.07, 6.45) is 1.64. The van der Waals surface area contributed by atoms with Crippen molar-refractivity contribution in [3.05, 3.63) is 0 Å². The summed E-state index contributed by atoms with van der Waals surface area (Å²) < 4.78 is 0. The number of nitrogens with zero attached hydrogens (tertiary/aromatic N) is 1. The van der Waals surface area contributed by atoms with Gasteiger partial charge in [0, 0.05) is 32.1 Å². The molecule has 1 atom stereocenters. The zero-order valence-electron chi connectivity index (χ0n) is 11.1. The van der Waals surface area contributed by atoms with Crippen LogP contribution in [0.5, 0.6) is 0 Å². The smallest absolute Gasteiger partial charge is 0.317 e. The van der Waals surface area contributed by atoms with Gasteiger partial charge in [-0.3, -0.25) is 9.59 Å². The van der Waals surface area contributed by atoms with Gasteiger partial charge in [0.15, 0.2) is 0 Å². The minimum atomic E-state index is -0.925. The van der Waals surface area contributed by atoms with Gasteiger partial charge < -0.3 is 20.6 Å². The maximum Gasteiger partial charge on any atom is 0.317 e. The summed E-state index contributed by atoms with van der Waals surface area (Å²) in [7, 11) is 0. The Balaban J connectivity index is 2.50. The van der Waals surface area contributed by atoms with Crippen molar-refractivity contribution in [1.82, 2.24) is 15.5 Å². The lowest BCUT2D eigenvalue weighted by Crippen LogP contribution is -2.46. The Morgan fingerprint density at radius 2 is 2.21 bits per heavy atom. The van der Waals surface area contributed by atoms with Gasteiger partial charge in [0.05, 0.1) is 6.42 Å². The van der Waals surface area contributed by atoms with Crippen LogP contribution in [0.15, 0.2) is 0 Å². The molecule has 3 amide bonds. The fourth-order valence-corrected chi connectivity index (χ4v) is 2.02. The zero-order valence-corrected chi connectivity index (χ0v) is 11.1. The van der Waals surface area contributed by atoms with E-state index in [2.05, 4.69) is 10.6 Å². The zero-order chi connectivity index (χ0) is 14.3. The first kappa shape index (κ1) is 15.3. The number of carbonyl (C=O) groups excluding carboxylic acids is 2. The van der Waals surface area contributed by atoms with Gasteiger partial charge in [0.2, 0.25) is 5.91 Å². The monoisotopic (exact) mass is 271 g/mol. The van der Waals surface area contributed by atoms with Crippen molar-refractivity contribution < 1.29 is 19.5 Å². The largest absolute Gasteiger partial charge is 0.481 e. The molecule has 0 aromatic heterocycles. The SMILES string of the molecule is CCCC(CC(=O)O)NC(=O)N1CCNC(=O)CC1. The number of hydrogen-bond donors (Lipinski definition) is 3. The molecule has 19 heavy (non-hydrogen) atoms. The van der Waals surface area contributed by atoms with Crippen LogP contribution in [0.4, 0.5) is 4.79 Å². The fraction of sp³-hybridized carbons (Fsp3) is 0.750. The third kappa shape index (κ3) is 5.58. The van der Waals surface area contributed by atoms with E-state index in [9.17, 15) is 14.4 Å². The second-order valence-electron chi connectivity index (χ2n) is 4.62. The van der Waals surface area contributed by atoms with E-state index in [0.29, 0.717) is 26.1 Å². The maximum atomic E-state index is 12.0. The molecule has 1 rings (SSSR count). The van der Waals surface area contributed by atoms with E-state index in [1.807, 2.05) is 6.92 Å². The van der Waals surface area contributed by atoms with E-state index in [1.165, 1.54) is 0 Å². The fourth-order valence-electron chi connectivity index (χ4n) is 2.02. The standard InChI is InChI=1S/C12H21N3O4/c1-2-3-9(8-11(17)18)14-12(19)15-6-4-10(16)13-5-7-15/h9H,2-8H2,1H3,(H,13,16)(H,14,19)(H,17,18). The molecule has 0 aromatic rings. The Morgan fingerprint density at radius 1 is 1.47 bits per heavy atom. The van der Waals surface area contributed by atoms with Gasteiger partial charge in [-0.25, -0.2) is 4.79 Å². The molecule has 108 valence electrons. The average molecular weight is 271 g/mol. The highest BCUT2D eigenvalue weighted by Crippen LogP contribution is 2.04. The van der Waals surface area contributed by atoms with Crippen molar-refractivity contribution in [3.8, 4) is 0 Å². The number of urea groups is 1. The van der Waals surface area contributed by atoms with Gasteiger partial charge in [0.1, 0.15) is 0 Å².